The molecule has 0 amide bonds. The van der Waals surface area contributed by atoms with Crippen LogP contribution >= 0.6 is 0 Å². The van der Waals surface area contributed by atoms with Crippen LogP contribution < -0.4 is 0 Å². The summed E-state index contributed by atoms with van der Waals surface area (Å²) in [6, 6.07) is 52.4. The van der Waals surface area contributed by atoms with Crippen LogP contribution in [0.3, 0.4) is 0 Å². The molecule has 0 aliphatic heterocycles. The van der Waals surface area contributed by atoms with E-state index in [-0.39, 0.29) is 0 Å². The van der Waals surface area contributed by atoms with E-state index in [4.69, 9.17) is 4.42 Å². The van der Waals surface area contributed by atoms with E-state index in [1.165, 1.54) is 65.2 Å². The van der Waals surface area contributed by atoms with Crippen LogP contribution in [0.1, 0.15) is 0 Å². The zero-order chi connectivity index (χ0) is 26.9. The standard InChI is InChI=1S/C40H24O/c1-2-13-26(14-3-1)36-30-18-8-10-20-32(30)38(33-21-11-9-19-31(33)36)39-29-17-7-5-15-27(29)24-34-37-28-16-6-4-12-25(28)22-23-35(37)41-40(34)39/h1-24H. The number of hydrogen-bond donors (Lipinski definition) is 0. The minimum Gasteiger partial charge on any atom is -0.455 e. The van der Waals surface area contributed by atoms with E-state index in [9.17, 15) is 0 Å². The summed E-state index contributed by atoms with van der Waals surface area (Å²) >= 11 is 0. The van der Waals surface area contributed by atoms with Gasteiger partial charge in [-0.2, -0.15) is 0 Å². The Hall–Kier alpha value is -5.40. The molecule has 0 aliphatic rings. The number of rotatable bonds is 2. The molecule has 0 radical (unpaired) electrons. The van der Waals surface area contributed by atoms with Gasteiger partial charge in [0.25, 0.3) is 0 Å². The van der Waals surface area contributed by atoms with Crippen molar-refractivity contribution in [2.45, 2.75) is 0 Å². The van der Waals surface area contributed by atoms with Gasteiger partial charge < -0.3 is 4.42 Å². The Morgan fingerprint density at radius 3 is 1.56 bits per heavy atom. The third kappa shape index (κ3) is 3.18. The molecule has 0 saturated carbocycles. The van der Waals surface area contributed by atoms with Crippen molar-refractivity contribution in [1.29, 1.82) is 0 Å². The number of fused-ring (bicyclic) bond motifs is 8. The summed E-state index contributed by atoms with van der Waals surface area (Å²) in [6.07, 6.45) is 0. The molecule has 0 spiro atoms. The van der Waals surface area contributed by atoms with E-state index in [1.54, 1.807) is 0 Å². The van der Waals surface area contributed by atoms with E-state index in [2.05, 4.69) is 146 Å². The maximum atomic E-state index is 6.87. The maximum Gasteiger partial charge on any atom is 0.143 e. The zero-order valence-electron chi connectivity index (χ0n) is 22.3. The molecule has 1 heteroatoms. The zero-order valence-corrected chi connectivity index (χ0v) is 22.3. The van der Waals surface area contributed by atoms with Gasteiger partial charge >= 0.3 is 0 Å². The predicted octanol–water partition coefficient (Wildman–Crippen LogP) is 11.5. The quantitative estimate of drug-likeness (QED) is 0.207. The fourth-order valence-electron chi connectivity index (χ4n) is 6.91. The number of furan rings is 1. The normalized spacial score (nSPS) is 11.9. The highest BCUT2D eigenvalue weighted by atomic mass is 16.3. The molecule has 41 heavy (non-hydrogen) atoms. The molecule has 9 rings (SSSR count). The van der Waals surface area contributed by atoms with Crippen LogP contribution in [0, 0.1) is 0 Å². The van der Waals surface area contributed by atoms with E-state index in [1.807, 2.05) is 0 Å². The van der Waals surface area contributed by atoms with Gasteiger partial charge in [0, 0.05) is 21.9 Å². The lowest BCUT2D eigenvalue weighted by Gasteiger charge is -2.19. The van der Waals surface area contributed by atoms with Crippen molar-refractivity contribution < 1.29 is 4.42 Å². The van der Waals surface area contributed by atoms with Crippen LogP contribution in [-0.2, 0) is 0 Å². The second-order valence-electron chi connectivity index (χ2n) is 10.8. The van der Waals surface area contributed by atoms with Crippen molar-refractivity contribution in [2.75, 3.05) is 0 Å². The molecule has 1 nitrogen and oxygen atoms in total. The molecule has 0 saturated heterocycles. The van der Waals surface area contributed by atoms with Gasteiger partial charge in [0.2, 0.25) is 0 Å². The lowest BCUT2D eigenvalue weighted by molar-refractivity contribution is 0.671. The van der Waals surface area contributed by atoms with Crippen molar-refractivity contribution in [3.8, 4) is 22.3 Å². The van der Waals surface area contributed by atoms with Gasteiger partial charge in [-0.15, -0.1) is 0 Å². The van der Waals surface area contributed by atoms with Crippen LogP contribution in [0.4, 0.5) is 0 Å². The van der Waals surface area contributed by atoms with Crippen LogP contribution in [0.5, 0.6) is 0 Å². The average molecular weight is 521 g/mol. The molecule has 1 aromatic heterocycles. The van der Waals surface area contributed by atoms with Gasteiger partial charge in [-0.3, -0.25) is 0 Å². The van der Waals surface area contributed by atoms with Crippen molar-refractivity contribution in [3.05, 3.63) is 146 Å². The topological polar surface area (TPSA) is 13.1 Å². The van der Waals surface area contributed by atoms with Crippen molar-refractivity contribution in [3.63, 3.8) is 0 Å². The smallest absolute Gasteiger partial charge is 0.143 e. The molecule has 9 aromatic rings. The molecule has 0 N–H and O–H groups in total. The van der Waals surface area contributed by atoms with Crippen molar-refractivity contribution >= 4 is 65.0 Å². The molecule has 190 valence electrons. The lowest BCUT2D eigenvalue weighted by Crippen LogP contribution is -1.92. The van der Waals surface area contributed by atoms with Crippen LogP contribution in [0.2, 0.25) is 0 Å². The highest BCUT2D eigenvalue weighted by Gasteiger charge is 2.23. The van der Waals surface area contributed by atoms with E-state index < -0.39 is 0 Å². The largest absolute Gasteiger partial charge is 0.455 e. The van der Waals surface area contributed by atoms with E-state index >= 15 is 0 Å². The molecule has 1 heterocycles. The van der Waals surface area contributed by atoms with Crippen molar-refractivity contribution in [1.82, 2.24) is 0 Å². The summed E-state index contributed by atoms with van der Waals surface area (Å²) in [5.41, 5.74) is 6.74. The molecule has 0 fully saturated rings. The molecule has 0 unspecified atom stereocenters. The average Bonchev–Trinajstić information content (AvgIpc) is 3.42. The van der Waals surface area contributed by atoms with Gasteiger partial charge in [-0.1, -0.05) is 133 Å². The third-order valence-electron chi connectivity index (χ3n) is 8.62. The Morgan fingerprint density at radius 2 is 0.878 bits per heavy atom. The first-order chi connectivity index (χ1) is 20.4. The summed E-state index contributed by atoms with van der Waals surface area (Å²) < 4.78 is 6.87. The fraction of sp³-hybridized carbons (Fsp3) is 0. The molecule has 0 atom stereocenters. The molecular weight excluding hydrogens is 496 g/mol. The van der Waals surface area contributed by atoms with Gasteiger partial charge in [-0.05, 0) is 66.3 Å². The van der Waals surface area contributed by atoms with E-state index in [0.29, 0.717) is 0 Å². The Balaban J connectivity index is 1.54. The summed E-state index contributed by atoms with van der Waals surface area (Å²) in [7, 11) is 0. The first kappa shape index (κ1) is 22.4. The Labute approximate surface area is 236 Å². The Kier molecular flexibility index (Phi) is 4.67. The Morgan fingerprint density at radius 1 is 0.341 bits per heavy atom. The second kappa shape index (κ2) is 8.55. The molecular formula is C40H24O. The highest BCUT2D eigenvalue weighted by Crippen LogP contribution is 2.49. The minimum atomic E-state index is 0.921. The molecule has 0 aliphatic carbocycles. The van der Waals surface area contributed by atoms with Gasteiger partial charge in [-0.25, -0.2) is 0 Å². The van der Waals surface area contributed by atoms with Crippen LogP contribution in [0.15, 0.2) is 150 Å². The van der Waals surface area contributed by atoms with Gasteiger partial charge in [0.05, 0.1) is 0 Å². The van der Waals surface area contributed by atoms with Gasteiger partial charge in [0.15, 0.2) is 0 Å². The Bertz CT molecular complexity index is 2410. The lowest BCUT2D eigenvalue weighted by atomic mass is 9.84. The first-order valence-corrected chi connectivity index (χ1v) is 14.1. The van der Waals surface area contributed by atoms with Crippen LogP contribution in [-0.4, -0.2) is 0 Å². The van der Waals surface area contributed by atoms with Gasteiger partial charge in [0.1, 0.15) is 11.2 Å². The molecule has 0 bridgehead atoms. The highest BCUT2D eigenvalue weighted by molar-refractivity contribution is 6.30. The third-order valence-corrected chi connectivity index (χ3v) is 8.62. The summed E-state index contributed by atoms with van der Waals surface area (Å²) in [5, 5.41) is 12.1. The summed E-state index contributed by atoms with van der Waals surface area (Å²) in [4.78, 5) is 0. The number of benzene rings is 8. The number of hydrogen-bond acceptors (Lipinski definition) is 1. The van der Waals surface area contributed by atoms with Crippen molar-refractivity contribution in [2.24, 2.45) is 0 Å². The summed E-state index contributed by atoms with van der Waals surface area (Å²) in [5.74, 6) is 0. The first-order valence-electron chi connectivity index (χ1n) is 14.1. The van der Waals surface area contributed by atoms with E-state index in [0.717, 1.165) is 22.1 Å². The maximum absolute atomic E-state index is 6.87. The fourth-order valence-corrected chi connectivity index (χ4v) is 6.91. The summed E-state index contributed by atoms with van der Waals surface area (Å²) in [6.45, 7) is 0. The molecule has 8 aromatic carbocycles. The second-order valence-corrected chi connectivity index (χ2v) is 10.8. The van der Waals surface area contributed by atoms with Crippen LogP contribution in [0.25, 0.3) is 87.3 Å². The minimum absolute atomic E-state index is 0.921. The monoisotopic (exact) mass is 520 g/mol. The predicted molar refractivity (Wildman–Crippen MR) is 175 cm³/mol. The SMILES string of the molecule is c1ccc(-c2c3ccccc3c(-c3c4ccccc4cc4c3oc3ccc5ccccc5c34)c3ccccc23)cc1.